The lowest BCUT2D eigenvalue weighted by Gasteiger charge is -2.07. The van der Waals surface area contributed by atoms with Crippen LogP contribution in [-0.4, -0.2) is 15.3 Å². The first-order valence-electron chi connectivity index (χ1n) is 5.13. The van der Waals surface area contributed by atoms with E-state index in [0.717, 1.165) is 5.56 Å². The highest BCUT2D eigenvalue weighted by Gasteiger charge is 2.14. The molecule has 1 aromatic heterocycles. The maximum absolute atomic E-state index is 12.8. The summed E-state index contributed by atoms with van der Waals surface area (Å²) in [5.74, 6) is 2.09. The van der Waals surface area contributed by atoms with Gasteiger partial charge in [-0.05, 0) is 24.3 Å². The van der Waals surface area contributed by atoms with E-state index in [0.29, 0.717) is 11.3 Å². The Morgan fingerprint density at radius 1 is 1.41 bits per heavy atom. The number of nitrogens with one attached hydrogen (secondary N) is 1. The second kappa shape index (κ2) is 4.81. The molecule has 2 rings (SSSR count). The summed E-state index contributed by atoms with van der Waals surface area (Å²) in [6, 6.07) is 5.95. The van der Waals surface area contributed by atoms with Crippen molar-refractivity contribution in [3.8, 4) is 23.6 Å². The Balaban J connectivity index is 2.37. The highest BCUT2D eigenvalue weighted by molar-refractivity contribution is 5.63. The molecule has 2 N–H and O–H groups in total. The zero-order valence-corrected chi connectivity index (χ0v) is 9.02. The molecular formula is C13H11FN2O. The van der Waals surface area contributed by atoms with Gasteiger partial charge in [-0.3, -0.25) is 5.10 Å². The molecule has 86 valence electrons. The van der Waals surface area contributed by atoms with E-state index >= 15 is 0 Å². The third-order valence-electron chi connectivity index (χ3n) is 2.47. The van der Waals surface area contributed by atoms with Crippen LogP contribution < -0.4 is 0 Å². The predicted octanol–water partition coefficient (Wildman–Crippen LogP) is 2.27. The number of rotatable bonds is 3. The topological polar surface area (TPSA) is 48.9 Å². The molecule has 0 fully saturated rings. The van der Waals surface area contributed by atoms with Crippen LogP contribution in [0.5, 0.6) is 0 Å². The number of nitrogens with zero attached hydrogens (tertiary/aromatic N) is 1. The minimum atomic E-state index is -0.765. The van der Waals surface area contributed by atoms with Crippen molar-refractivity contribution in [2.45, 2.75) is 12.5 Å². The SMILES string of the molecule is C#CCC(O)c1cn[nH]c1-c1ccc(F)cc1. The van der Waals surface area contributed by atoms with Crippen molar-refractivity contribution in [1.82, 2.24) is 10.2 Å². The van der Waals surface area contributed by atoms with Gasteiger partial charge in [0.25, 0.3) is 0 Å². The fraction of sp³-hybridized carbons (Fsp3) is 0.154. The molecule has 0 aliphatic rings. The molecule has 0 bridgehead atoms. The number of halogens is 1. The van der Waals surface area contributed by atoms with Crippen molar-refractivity contribution in [3.63, 3.8) is 0 Å². The van der Waals surface area contributed by atoms with Crippen LogP contribution >= 0.6 is 0 Å². The predicted molar refractivity (Wildman–Crippen MR) is 62.4 cm³/mol. The molecule has 0 radical (unpaired) electrons. The van der Waals surface area contributed by atoms with E-state index in [2.05, 4.69) is 16.1 Å². The minimum Gasteiger partial charge on any atom is -0.387 e. The van der Waals surface area contributed by atoms with E-state index in [4.69, 9.17) is 6.42 Å². The molecule has 3 nitrogen and oxygen atoms in total. The van der Waals surface area contributed by atoms with E-state index in [1.54, 1.807) is 12.1 Å². The number of aromatic amines is 1. The van der Waals surface area contributed by atoms with Gasteiger partial charge in [0, 0.05) is 17.5 Å². The van der Waals surface area contributed by atoms with Crippen LogP contribution in [0.15, 0.2) is 30.5 Å². The van der Waals surface area contributed by atoms with Crippen molar-refractivity contribution >= 4 is 0 Å². The lowest BCUT2D eigenvalue weighted by Crippen LogP contribution is -1.96. The van der Waals surface area contributed by atoms with Crippen LogP contribution in [0, 0.1) is 18.2 Å². The van der Waals surface area contributed by atoms with Crippen molar-refractivity contribution in [3.05, 3.63) is 41.8 Å². The van der Waals surface area contributed by atoms with Crippen LogP contribution in [0.2, 0.25) is 0 Å². The zero-order chi connectivity index (χ0) is 12.3. The van der Waals surface area contributed by atoms with E-state index in [-0.39, 0.29) is 12.2 Å². The highest BCUT2D eigenvalue weighted by Crippen LogP contribution is 2.27. The lowest BCUT2D eigenvalue weighted by atomic mass is 10.0. The lowest BCUT2D eigenvalue weighted by molar-refractivity contribution is 0.184. The molecule has 0 amide bonds. The molecule has 4 heteroatoms. The van der Waals surface area contributed by atoms with Gasteiger partial charge >= 0.3 is 0 Å². The fourth-order valence-corrected chi connectivity index (χ4v) is 1.62. The third kappa shape index (κ3) is 2.35. The van der Waals surface area contributed by atoms with Crippen molar-refractivity contribution in [2.24, 2.45) is 0 Å². The number of aliphatic hydroxyl groups excluding tert-OH is 1. The Morgan fingerprint density at radius 3 is 2.76 bits per heavy atom. The number of hydrogen-bond acceptors (Lipinski definition) is 2. The Hall–Kier alpha value is -2.12. The summed E-state index contributed by atoms with van der Waals surface area (Å²) in [7, 11) is 0. The van der Waals surface area contributed by atoms with Gasteiger partial charge in [0.15, 0.2) is 0 Å². The average Bonchev–Trinajstić information content (AvgIpc) is 2.79. The smallest absolute Gasteiger partial charge is 0.123 e. The molecule has 17 heavy (non-hydrogen) atoms. The van der Waals surface area contributed by atoms with Gasteiger partial charge in [-0.2, -0.15) is 5.10 Å². The fourth-order valence-electron chi connectivity index (χ4n) is 1.62. The first-order valence-corrected chi connectivity index (χ1v) is 5.13. The maximum atomic E-state index is 12.8. The number of aromatic nitrogens is 2. The highest BCUT2D eigenvalue weighted by atomic mass is 19.1. The summed E-state index contributed by atoms with van der Waals surface area (Å²) >= 11 is 0. The quantitative estimate of drug-likeness (QED) is 0.795. The Kier molecular flexibility index (Phi) is 3.22. The second-order valence-corrected chi connectivity index (χ2v) is 3.63. The van der Waals surface area contributed by atoms with Crippen molar-refractivity contribution in [2.75, 3.05) is 0 Å². The average molecular weight is 230 g/mol. The number of terminal acetylenes is 1. The molecule has 0 spiro atoms. The van der Waals surface area contributed by atoms with Crippen LogP contribution in [-0.2, 0) is 0 Å². The van der Waals surface area contributed by atoms with E-state index < -0.39 is 6.10 Å². The second-order valence-electron chi connectivity index (χ2n) is 3.63. The van der Waals surface area contributed by atoms with Crippen molar-refractivity contribution in [1.29, 1.82) is 0 Å². The number of hydrogen-bond donors (Lipinski definition) is 2. The van der Waals surface area contributed by atoms with Gasteiger partial charge in [0.2, 0.25) is 0 Å². The van der Waals surface area contributed by atoms with Gasteiger partial charge in [0.1, 0.15) is 5.82 Å². The van der Waals surface area contributed by atoms with E-state index in [1.165, 1.54) is 18.3 Å². The molecule has 1 atom stereocenters. The molecule has 1 unspecified atom stereocenters. The van der Waals surface area contributed by atoms with Crippen molar-refractivity contribution < 1.29 is 9.50 Å². The van der Waals surface area contributed by atoms with Crippen LogP contribution in [0.4, 0.5) is 4.39 Å². The van der Waals surface area contributed by atoms with E-state index in [1.807, 2.05) is 0 Å². The summed E-state index contributed by atoms with van der Waals surface area (Å²) in [6.07, 6.45) is 6.13. The summed E-state index contributed by atoms with van der Waals surface area (Å²) in [5, 5.41) is 16.5. The number of H-pyrrole nitrogens is 1. The summed E-state index contributed by atoms with van der Waals surface area (Å²) in [4.78, 5) is 0. The maximum Gasteiger partial charge on any atom is 0.123 e. The first-order chi connectivity index (χ1) is 8.22. The van der Waals surface area contributed by atoms with Gasteiger partial charge in [0.05, 0.1) is 18.0 Å². The van der Waals surface area contributed by atoms with E-state index in [9.17, 15) is 9.50 Å². The molecular weight excluding hydrogens is 219 g/mol. The van der Waals surface area contributed by atoms with Gasteiger partial charge in [-0.25, -0.2) is 4.39 Å². The van der Waals surface area contributed by atoms with Gasteiger partial charge in [-0.1, -0.05) is 0 Å². The largest absolute Gasteiger partial charge is 0.387 e. The standard InChI is InChI=1S/C13H11FN2O/c1-2-3-12(17)11-8-15-16-13(11)9-4-6-10(14)7-5-9/h1,4-8,12,17H,3H2,(H,15,16). The Morgan fingerprint density at radius 2 is 2.12 bits per heavy atom. The molecule has 1 aromatic carbocycles. The van der Waals surface area contributed by atoms with Crippen LogP contribution in [0.25, 0.3) is 11.3 Å². The zero-order valence-electron chi connectivity index (χ0n) is 9.02. The Bertz CT molecular complexity index is 539. The molecule has 1 heterocycles. The Labute approximate surface area is 98.3 Å². The molecule has 0 saturated heterocycles. The molecule has 0 aliphatic carbocycles. The minimum absolute atomic E-state index is 0.216. The summed E-state index contributed by atoms with van der Waals surface area (Å²) in [5.41, 5.74) is 2.04. The monoisotopic (exact) mass is 230 g/mol. The summed E-state index contributed by atoms with van der Waals surface area (Å²) in [6.45, 7) is 0. The summed E-state index contributed by atoms with van der Waals surface area (Å²) < 4.78 is 12.8. The van der Waals surface area contributed by atoms with Crippen LogP contribution in [0.3, 0.4) is 0 Å². The first kappa shape index (κ1) is 11.4. The third-order valence-corrected chi connectivity index (χ3v) is 2.47. The van der Waals surface area contributed by atoms with Crippen LogP contribution in [0.1, 0.15) is 18.1 Å². The number of aliphatic hydroxyl groups is 1. The van der Waals surface area contributed by atoms with Gasteiger partial charge in [-0.15, -0.1) is 12.3 Å². The number of benzene rings is 1. The molecule has 0 saturated carbocycles. The normalized spacial score (nSPS) is 12.1. The molecule has 2 aromatic rings. The molecule has 0 aliphatic heterocycles. The van der Waals surface area contributed by atoms with Gasteiger partial charge < -0.3 is 5.11 Å².